The van der Waals surface area contributed by atoms with E-state index in [1.54, 1.807) is 55.6 Å². The minimum absolute atomic E-state index is 0.0533. The molecule has 8 heteroatoms. The Balaban J connectivity index is 2.02. The fourth-order valence-corrected chi connectivity index (χ4v) is 2.71. The first kappa shape index (κ1) is 23.3. The number of methoxy groups -OCH3 is 1. The Morgan fingerprint density at radius 2 is 1.87 bits per heavy atom. The summed E-state index contributed by atoms with van der Waals surface area (Å²) < 4.78 is 10.7. The monoisotopic (exact) mass is 429 g/mol. The normalized spacial score (nSPS) is 11.3. The summed E-state index contributed by atoms with van der Waals surface area (Å²) in [5.74, 6) is -0.0164. The summed E-state index contributed by atoms with van der Waals surface area (Å²) in [6, 6.07) is 13.8. The summed E-state index contributed by atoms with van der Waals surface area (Å²) in [7, 11) is 1.56. The van der Waals surface area contributed by atoms with E-state index in [4.69, 9.17) is 21.7 Å². The SMILES string of the molecule is CCC(C)Oc1cccc(C(=O)NC(=S)Nc2ccccc2C(=O)NCCOC)c1. The lowest BCUT2D eigenvalue weighted by molar-refractivity contribution is 0.0937. The number of benzene rings is 2. The van der Waals surface area contributed by atoms with Crippen LogP contribution >= 0.6 is 12.2 Å². The van der Waals surface area contributed by atoms with Gasteiger partial charge in [-0.25, -0.2) is 0 Å². The molecule has 7 nitrogen and oxygen atoms in total. The second kappa shape index (κ2) is 11.9. The van der Waals surface area contributed by atoms with E-state index in [0.29, 0.717) is 35.7 Å². The number of amides is 2. The lowest BCUT2D eigenvalue weighted by Crippen LogP contribution is -2.35. The van der Waals surface area contributed by atoms with Crippen molar-refractivity contribution < 1.29 is 19.1 Å². The topological polar surface area (TPSA) is 88.7 Å². The molecule has 3 N–H and O–H groups in total. The first-order valence-corrected chi connectivity index (χ1v) is 10.1. The molecule has 0 aromatic heterocycles. The summed E-state index contributed by atoms with van der Waals surface area (Å²) >= 11 is 5.26. The maximum atomic E-state index is 12.6. The molecule has 0 radical (unpaired) electrons. The van der Waals surface area contributed by atoms with E-state index in [2.05, 4.69) is 16.0 Å². The minimum Gasteiger partial charge on any atom is -0.491 e. The quantitative estimate of drug-likeness (QED) is 0.418. The van der Waals surface area contributed by atoms with Crippen molar-refractivity contribution in [2.75, 3.05) is 25.6 Å². The Labute approximate surface area is 182 Å². The smallest absolute Gasteiger partial charge is 0.257 e. The predicted octanol–water partition coefficient (Wildman–Crippen LogP) is 3.37. The van der Waals surface area contributed by atoms with Crippen LogP contribution in [0.3, 0.4) is 0 Å². The molecule has 160 valence electrons. The highest BCUT2D eigenvalue weighted by atomic mass is 32.1. The zero-order valence-electron chi connectivity index (χ0n) is 17.4. The number of ether oxygens (including phenoxy) is 2. The van der Waals surface area contributed by atoms with Crippen molar-refractivity contribution >= 4 is 34.8 Å². The van der Waals surface area contributed by atoms with Gasteiger partial charge in [0.2, 0.25) is 0 Å². The van der Waals surface area contributed by atoms with Crippen molar-refractivity contribution in [3.05, 3.63) is 59.7 Å². The Kier molecular flexibility index (Phi) is 9.24. The van der Waals surface area contributed by atoms with Crippen LogP contribution in [0.25, 0.3) is 0 Å². The van der Waals surface area contributed by atoms with Gasteiger partial charge >= 0.3 is 0 Å². The van der Waals surface area contributed by atoms with Gasteiger partial charge in [-0.05, 0) is 55.9 Å². The molecule has 2 aromatic rings. The highest BCUT2D eigenvalue weighted by molar-refractivity contribution is 7.80. The first-order chi connectivity index (χ1) is 14.4. The molecule has 0 aliphatic rings. The zero-order valence-corrected chi connectivity index (χ0v) is 18.2. The molecule has 0 saturated carbocycles. The van der Waals surface area contributed by atoms with E-state index < -0.39 is 0 Å². The number of rotatable bonds is 9. The summed E-state index contributed by atoms with van der Waals surface area (Å²) in [6.07, 6.45) is 0.917. The number of carbonyl (C=O) groups excluding carboxylic acids is 2. The van der Waals surface area contributed by atoms with E-state index in [1.807, 2.05) is 13.8 Å². The molecule has 0 bridgehead atoms. The van der Waals surface area contributed by atoms with Crippen molar-refractivity contribution in [3.8, 4) is 5.75 Å². The Hall–Kier alpha value is -2.97. The highest BCUT2D eigenvalue weighted by Crippen LogP contribution is 2.17. The third kappa shape index (κ3) is 7.13. The molecule has 0 aliphatic heterocycles. The lowest BCUT2D eigenvalue weighted by atomic mass is 10.1. The number of anilines is 1. The summed E-state index contributed by atoms with van der Waals surface area (Å²) in [4.78, 5) is 24.9. The van der Waals surface area contributed by atoms with Gasteiger partial charge in [-0.3, -0.25) is 14.9 Å². The van der Waals surface area contributed by atoms with Crippen molar-refractivity contribution in [2.24, 2.45) is 0 Å². The molecule has 0 fully saturated rings. The third-order valence-corrected chi connectivity index (χ3v) is 4.45. The van der Waals surface area contributed by atoms with Crippen LogP contribution in [0, 0.1) is 0 Å². The number of para-hydroxylation sites is 1. The van der Waals surface area contributed by atoms with Gasteiger partial charge in [-0.15, -0.1) is 0 Å². The van der Waals surface area contributed by atoms with Crippen LogP contribution in [-0.2, 0) is 4.74 Å². The molecule has 30 heavy (non-hydrogen) atoms. The third-order valence-electron chi connectivity index (χ3n) is 4.25. The maximum Gasteiger partial charge on any atom is 0.257 e. The van der Waals surface area contributed by atoms with Crippen molar-refractivity contribution in [1.29, 1.82) is 0 Å². The van der Waals surface area contributed by atoms with Gasteiger partial charge in [0, 0.05) is 19.2 Å². The predicted molar refractivity (Wildman–Crippen MR) is 121 cm³/mol. The van der Waals surface area contributed by atoms with Gasteiger partial charge in [-0.2, -0.15) is 0 Å². The van der Waals surface area contributed by atoms with Crippen LogP contribution in [0.5, 0.6) is 5.75 Å². The van der Waals surface area contributed by atoms with Crippen LogP contribution in [0.15, 0.2) is 48.5 Å². The Bertz CT molecular complexity index is 888. The second-order valence-electron chi connectivity index (χ2n) is 6.57. The van der Waals surface area contributed by atoms with Crippen LogP contribution in [0.2, 0.25) is 0 Å². The standard InChI is InChI=1S/C22H27N3O4S/c1-4-15(2)29-17-9-7-8-16(14-17)20(26)25-22(30)24-19-11-6-5-10-18(19)21(27)23-12-13-28-3/h5-11,14-15H,4,12-13H2,1-3H3,(H,23,27)(H2,24,25,26,30). The zero-order chi connectivity index (χ0) is 21.9. The lowest BCUT2D eigenvalue weighted by Gasteiger charge is -2.15. The van der Waals surface area contributed by atoms with E-state index in [1.165, 1.54) is 0 Å². The average molecular weight is 430 g/mol. The van der Waals surface area contributed by atoms with E-state index in [0.717, 1.165) is 6.42 Å². The van der Waals surface area contributed by atoms with E-state index in [-0.39, 0.29) is 23.0 Å². The molecule has 1 atom stereocenters. The van der Waals surface area contributed by atoms with Crippen molar-refractivity contribution in [3.63, 3.8) is 0 Å². The molecule has 0 aliphatic carbocycles. The fraction of sp³-hybridized carbons (Fsp3) is 0.318. The summed E-state index contributed by atoms with van der Waals surface area (Å²) in [6.45, 7) is 4.80. The first-order valence-electron chi connectivity index (χ1n) is 9.69. The maximum absolute atomic E-state index is 12.6. The van der Waals surface area contributed by atoms with Gasteiger partial charge in [0.15, 0.2) is 5.11 Å². The van der Waals surface area contributed by atoms with E-state index >= 15 is 0 Å². The van der Waals surface area contributed by atoms with Gasteiger partial charge in [0.1, 0.15) is 5.75 Å². The molecule has 0 heterocycles. The largest absolute Gasteiger partial charge is 0.491 e. The van der Waals surface area contributed by atoms with Crippen LogP contribution < -0.4 is 20.7 Å². The van der Waals surface area contributed by atoms with Gasteiger partial charge < -0.3 is 20.1 Å². The molecular formula is C22H27N3O4S. The summed E-state index contributed by atoms with van der Waals surface area (Å²) in [5.41, 5.74) is 1.33. The molecule has 0 saturated heterocycles. The van der Waals surface area contributed by atoms with Crippen molar-refractivity contribution in [2.45, 2.75) is 26.4 Å². The van der Waals surface area contributed by atoms with Gasteiger partial charge in [-0.1, -0.05) is 25.1 Å². The number of thiocarbonyl (C=S) groups is 1. The number of carbonyl (C=O) groups is 2. The fourth-order valence-electron chi connectivity index (χ4n) is 2.51. The second-order valence-corrected chi connectivity index (χ2v) is 6.98. The Morgan fingerprint density at radius 3 is 2.60 bits per heavy atom. The number of hydrogen-bond donors (Lipinski definition) is 3. The van der Waals surface area contributed by atoms with Gasteiger partial charge in [0.25, 0.3) is 11.8 Å². The molecule has 2 rings (SSSR count). The molecule has 0 spiro atoms. The van der Waals surface area contributed by atoms with Crippen molar-refractivity contribution in [1.82, 2.24) is 10.6 Å². The van der Waals surface area contributed by atoms with Crippen LogP contribution in [-0.4, -0.2) is 43.3 Å². The molecule has 2 amide bonds. The van der Waals surface area contributed by atoms with Gasteiger partial charge in [0.05, 0.1) is 24.0 Å². The average Bonchev–Trinajstić information content (AvgIpc) is 2.74. The number of hydrogen-bond acceptors (Lipinski definition) is 5. The van der Waals surface area contributed by atoms with Crippen LogP contribution in [0.1, 0.15) is 41.0 Å². The summed E-state index contributed by atoms with van der Waals surface area (Å²) in [5, 5.41) is 8.39. The molecular weight excluding hydrogens is 402 g/mol. The van der Waals surface area contributed by atoms with E-state index in [9.17, 15) is 9.59 Å². The highest BCUT2D eigenvalue weighted by Gasteiger charge is 2.14. The molecule has 1 unspecified atom stereocenters. The Morgan fingerprint density at radius 1 is 1.10 bits per heavy atom. The minimum atomic E-state index is -0.371. The number of nitrogens with one attached hydrogen (secondary N) is 3. The van der Waals surface area contributed by atoms with Crippen LogP contribution in [0.4, 0.5) is 5.69 Å². The molecule has 2 aromatic carbocycles.